The van der Waals surface area contributed by atoms with Crippen molar-refractivity contribution < 1.29 is 9.21 Å². The Morgan fingerprint density at radius 2 is 1.89 bits per heavy atom. The number of hydrogen-bond donors (Lipinski definition) is 1. The van der Waals surface area contributed by atoms with Crippen molar-refractivity contribution in [2.24, 2.45) is 5.10 Å². The molecule has 6 heteroatoms. The van der Waals surface area contributed by atoms with Gasteiger partial charge >= 0.3 is 0 Å². The number of carbonyl (C=O) groups excluding carboxylic acids is 1. The molecule has 0 radical (unpaired) electrons. The Morgan fingerprint density at radius 3 is 2.70 bits per heavy atom. The van der Waals surface area contributed by atoms with Gasteiger partial charge in [0.15, 0.2) is 0 Å². The number of aromatic nitrogens is 1. The van der Waals surface area contributed by atoms with Gasteiger partial charge in [-0.3, -0.25) is 4.79 Å². The molecule has 132 valence electrons. The predicted molar refractivity (Wildman–Crippen MR) is 106 cm³/mol. The van der Waals surface area contributed by atoms with Crippen LogP contribution in [0.1, 0.15) is 16.1 Å². The van der Waals surface area contributed by atoms with Crippen LogP contribution in [0.3, 0.4) is 0 Å². The van der Waals surface area contributed by atoms with E-state index in [-0.39, 0.29) is 5.91 Å². The summed E-state index contributed by atoms with van der Waals surface area (Å²) in [6.07, 6.45) is 2.98. The van der Waals surface area contributed by atoms with Crippen molar-refractivity contribution in [3.05, 3.63) is 89.3 Å². The van der Waals surface area contributed by atoms with Gasteiger partial charge in [0.1, 0.15) is 5.76 Å². The fourth-order valence-electron chi connectivity index (χ4n) is 2.75. The van der Waals surface area contributed by atoms with Gasteiger partial charge in [0.25, 0.3) is 5.91 Å². The highest BCUT2D eigenvalue weighted by molar-refractivity contribution is 6.33. The lowest BCUT2D eigenvalue weighted by Crippen LogP contribution is -2.18. The minimum absolute atomic E-state index is 0.343. The van der Waals surface area contributed by atoms with Gasteiger partial charge in [0.2, 0.25) is 0 Å². The largest absolute Gasteiger partial charge is 0.463 e. The molecule has 2 aromatic heterocycles. The summed E-state index contributed by atoms with van der Waals surface area (Å²) in [4.78, 5) is 17.4. The molecule has 27 heavy (non-hydrogen) atoms. The Morgan fingerprint density at radius 1 is 1.07 bits per heavy atom. The molecular weight excluding hydrogens is 362 g/mol. The normalized spacial score (nSPS) is 11.1. The van der Waals surface area contributed by atoms with Crippen LogP contribution >= 0.6 is 11.6 Å². The highest BCUT2D eigenvalue weighted by Crippen LogP contribution is 2.29. The number of halogens is 1. The Bertz CT molecular complexity index is 1140. The Kier molecular flexibility index (Phi) is 4.68. The van der Waals surface area contributed by atoms with Gasteiger partial charge in [-0.1, -0.05) is 48.0 Å². The first-order chi connectivity index (χ1) is 13.2. The van der Waals surface area contributed by atoms with Crippen molar-refractivity contribution in [3.8, 4) is 11.3 Å². The van der Waals surface area contributed by atoms with E-state index in [1.807, 2.05) is 42.5 Å². The second-order valence-corrected chi connectivity index (χ2v) is 6.17. The van der Waals surface area contributed by atoms with Gasteiger partial charge in [-0.05, 0) is 30.3 Å². The molecule has 2 aromatic carbocycles. The lowest BCUT2D eigenvalue weighted by atomic mass is 10.0. The second-order valence-electron chi connectivity index (χ2n) is 5.77. The number of hydrogen-bond acceptors (Lipinski definition) is 4. The molecule has 0 aliphatic rings. The molecule has 0 saturated heterocycles. The van der Waals surface area contributed by atoms with Crippen LogP contribution in [0.4, 0.5) is 0 Å². The lowest BCUT2D eigenvalue weighted by Gasteiger charge is -2.10. The van der Waals surface area contributed by atoms with Crippen LogP contribution in [-0.4, -0.2) is 17.1 Å². The van der Waals surface area contributed by atoms with E-state index in [0.717, 1.165) is 10.9 Å². The zero-order valence-electron chi connectivity index (χ0n) is 14.1. The molecule has 0 fully saturated rings. The van der Waals surface area contributed by atoms with E-state index in [4.69, 9.17) is 16.0 Å². The average Bonchev–Trinajstić information content (AvgIpc) is 3.21. The summed E-state index contributed by atoms with van der Waals surface area (Å²) in [6.45, 7) is 0. The highest BCUT2D eigenvalue weighted by Gasteiger charge is 2.14. The van der Waals surface area contributed by atoms with E-state index >= 15 is 0 Å². The van der Waals surface area contributed by atoms with Gasteiger partial charge in [0.05, 0.1) is 29.3 Å². The summed E-state index contributed by atoms with van der Waals surface area (Å²) in [5, 5.41) is 5.26. The summed E-state index contributed by atoms with van der Waals surface area (Å²) in [5.41, 5.74) is 5.09. The van der Waals surface area contributed by atoms with Gasteiger partial charge in [0, 0.05) is 16.0 Å². The molecule has 0 aliphatic carbocycles. The molecule has 1 amide bonds. The van der Waals surface area contributed by atoms with Crippen molar-refractivity contribution in [3.63, 3.8) is 0 Å². The van der Waals surface area contributed by atoms with Crippen LogP contribution < -0.4 is 5.43 Å². The van der Waals surface area contributed by atoms with E-state index in [1.54, 1.807) is 24.3 Å². The monoisotopic (exact) mass is 375 g/mol. The molecule has 4 rings (SSSR count). The maximum Gasteiger partial charge on any atom is 0.272 e. The predicted octanol–water partition coefficient (Wildman–Crippen LogP) is 4.91. The van der Waals surface area contributed by atoms with Crippen LogP contribution in [0.2, 0.25) is 5.02 Å². The first kappa shape index (κ1) is 17.0. The number of carbonyl (C=O) groups is 1. The van der Waals surface area contributed by atoms with Crippen molar-refractivity contribution in [2.45, 2.75) is 0 Å². The van der Waals surface area contributed by atoms with Crippen molar-refractivity contribution in [2.75, 3.05) is 0 Å². The van der Waals surface area contributed by atoms with Gasteiger partial charge in [-0.15, -0.1) is 0 Å². The smallest absolute Gasteiger partial charge is 0.272 e. The maximum atomic E-state index is 12.7. The molecule has 0 aliphatic heterocycles. The number of furan rings is 1. The van der Waals surface area contributed by atoms with Crippen molar-refractivity contribution in [1.29, 1.82) is 0 Å². The van der Waals surface area contributed by atoms with Crippen LogP contribution in [0.25, 0.3) is 22.2 Å². The number of fused-ring (bicyclic) bond motifs is 1. The summed E-state index contributed by atoms with van der Waals surface area (Å²) < 4.78 is 5.16. The number of rotatable bonds is 4. The third kappa shape index (κ3) is 3.59. The highest BCUT2D eigenvalue weighted by atomic mass is 35.5. The summed E-state index contributed by atoms with van der Waals surface area (Å²) in [6, 6.07) is 20.1. The zero-order valence-corrected chi connectivity index (χ0v) is 14.9. The zero-order chi connectivity index (χ0) is 18.6. The van der Waals surface area contributed by atoms with E-state index in [1.165, 1.54) is 12.5 Å². The Hall–Kier alpha value is -3.44. The SMILES string of the molecule is O=C(N/N=C/c1ccco1)c1cc(-c2ccccc2Cl)nc2ccccc12. The number of benzene rings is 2. The van der Waals surface area contributed by atoms with Crippen LogP contribution in [0, 0.1) is 0 Å². The first-order valence-corrected chi connectivity index (χ1v) is 8.62. The first-order valence-electron chi connectivity index (χ1n) is 8.24. The van der Waals surface area contributed by atoms with Gasteiger partial charge in [-0.2, -0.15) is 5.10 Å². The van der Waals surface area contributed by atoms with Crippen LogP contribution in [-0.2, 0) is 0 Å². The average molecular weight is 376 g/mol. The number of para-hydroxylation sites is 1. The van der Waals surface area contributed by atoms with Crippen LogP contribution in [0.15, 0.2) is 82.5 Å². The fraction of sp³-hybridized carbons (Fsp3) is 0. The molecule has 0 spiro atoms. The number of hydrazone groups is 1. The summed E-state index contributed by atoms with van der Waals surface area (Å²) in [5.74, 6) is 0.205. The third-order valence-electron chi connectivity index (χ3n) is 4.01. The molecule has 2 heterocycles. The van der Waals surface area contributed by atoms with Gasteiger partial charge in [-0.25, -0.2) is 10.4 Å². The van der Waals surface area contributed by atoms with E-state index < -0.39 is 0 Å². The maximum absolute atomic E-state index is 12.7. The molecule has 1 N–H and O–H groups in total. The number of pyridine rings is 1. The topological polar surface area (TPSA) is 67.5 Å². The molecular formula is C21H14ClN3O2. The quantitative estimate of drug-likeness (QED) is 0.407. The van der Waals surface area contributed by atoms with Crippen molar-refractivity contribution in [1.82, 2.24) is 10.4 Å². The Labute approximate surface area is 160 Å². The number of amides is 1. The number of nitrogens with one attached hydrogen (secondary N) is 1. The molecule has 0 saturated carbocycles. The summed E-state index contributed by atoms with van der Waals surface area (Å²) >= 11 is 6.31. The number of nitrogens with zero attached hydrogens (tertiary/aromatic N) is 2. The standard InChI is InChI=1S/C21H14ClN3O2/c22-18-9-3-1-8-16(18)20-12-17(15-7-2-4-10-19(15)24-20)21(26)25-23-13-14-6-5-11-27-14/h1-13H,(H,25,26)/b23-13+. The molecule has 0 unspecified atom stereocenters. The van der Waals surface area contributed by atoms with E-state index in [9.17, 15) is 4.79 Å². The van der Waals surface area contributed by atoms with Crippen LogP contribution in [0.5, 0.6) is 0 Å². The lowest BCUT2D eigenvalue weighted by molar-refractivity contribution is 0.0956. The minimum atomic E-state index is -0.343. The minimum Gasteiger partial charge on any atom is -0.463 e. The molecule has 0 bridgehead atoms. The molecule has 5 nitrogen and oxygen atoms in total. The van der Waals surface area contributed by atoms with Gasteiger partial charge < -0.3 is 4.42 Å². The van der Waals surface area contributed by atoms with E-state index in [2.05, 4.69) is 15.5 Å². The third-order valence-corrected chi connectivity index (χ3v) is 4.34. The van der Waals surface area contributed by atoms with E-state index in [0.29, 0.717) is 27.6 Å². The molecule has 0 atom stereocenters. The van der Waals surface area contributed by atoms with Crippen molar-refractivity contribution >= 4 is 34.6 Å². The Balaban J connectivity index is 1.74. The fourth-order valence-corrected chi connectivity index (χ4v) is 2.98. The molecule has 4 aromatic rings. The second kappa shape index (κ2) is 7.43. The summed E-state index contributed by atoms with van der Waals surface area (Å²) in [7, 11) is 0.